The lowest BCUT2D eigenvalue weighted by Crippen LogP contribution is -2.17. The number of hydrogen-bond acceptors (Lipinski definition) is 4. The molecule has 5 nitrogen and oxygen atoms in total. The van der Waals surface area contributed by atoms with Crippen LogP contribution in [-0.4, -0.2) is 21.1 Å². The minimum Gasteiger partial charge on any atom is -0.289 e. The first-order chi connectivity index (χ1) is 9.67. The Balaban J connectivity index is 1.77. The van der Waals surface area contributed by atoms with Gasteiger partial charge in [0, 0.05) is 16.7 Å². The van der Waals surface area contributed by atoms with Crippen molar-refractivity contribution in [2.24, 2.45) is 5.92 Å². The van der Waals surface area contributed by atoms with E-state index < -0.39 is 0 Å². The van der Waals surface area contributed by atoms with E-state index in [1.54, 1.807) is 11.3 Å². The maximum atomic E-state index is 12.3. The lowest BCUT2D eigenvalue weighted by Gasteiger charge is -2.18. The molecule has 6 heteroatoms. The molecule has 20 heavy (non-hydrogen) atoms. The van der Waals surface area contributed by atoms with Gasteiger partial charge in [-0.3, -0.25) is 15.2 Å². The highest BCUT2D eigenvalue weighted by molar-refractivity contribution is 7.10. The van der Waals surface area contributed by atoms with Crippen LogP contribution in [0.3, 0.4) is 0 Å². The van der Waals surface area contributed by atoms with Crippen LogP contribution in [0.5, 0.6) is 0 Å². The van der Waals surface area contributed by atoms with Gasteiger partial charge in [-0.05, 0) is 30.7 Å². The fraction of sp³-hybridized carbons (Fsp3) is 0.500. The summed E-state index contributed by atoms with van der Waals surface area (Å²) in [4.78, 5) is 17.9. The van der Waals surface area contributed by atoms with Crippen molar-refractivity contribution >= 4 is 23.2 Å². The molecule has 2 aromatic heterocycles. The molecule has 2 N–H and O–H groups in total. The van der Waals surface area contributed by atoms with Gasteiger partial charge < -0.3 is 0 Å². The zero-order valence-electron chi connectivity index (χ0n) is 11.7. The van der Waals surface area contributed by atoms with Crippen molar-refractivity contribution in [3.05, 3.63) is 27.2 Å². The predicted octanol–water partition coefficient (Wildman–Crippen LogP) is 2.81. The zero-order valence-corrected chi connectivity index (χ0v) is 12.5. The van der Waals surface area contributed by atoms with E-state index in [2.05, 4.69) is 27.4 Å². The van der Waals surface area contributed by atoms with Gasteiger partial charge in [0.2, 0.25) is 5.95 Å². The van der Waals surface area contributed by atoms with E-state index in [1.165, 1.54) is 10.4 Å². The van der Waals surface area contributed by atoms with Gasteiger partial charge in [-0.1, -0.05) is 13.8 Å². The normalized spacial score (nSPS) is 17.8. The van der Waals surface area contributed by atoms with Crippen LogP contribution < -0.4 is 5.32 Å². The van der Waals surface area contributed by atoms with E-state index in [-0.39, 0.29) is 5.91 Å². The number of nitrogens with one attached hydrogen (secondary N) is 2. The van der Waals surface area contributed by atoms with Gasteiger partial charge in [0.05, 0.1) is 5.56 Å². The van der Waals surface area contributed by atoms with Crippen LogP contribution in [0.1, 0.15) is 46.9 Å². The summed E-state index contributed by atoms with van der Waals surface area (Å²) in [6.45, 7) is 4.25. The lowest BCUT2D eigenvalue weighted by molar-refractivity contribution is 0.102. The fourth-order valence-corrected chi connectivity index (χ4v) is 3.79. The van der Waals surface area contributed by atoms with Gasteiger partial charge >= 0.3 is 0 Å². The first kappa shape index (κ1) is 13.3. The molecule has 2 heterocycles. The molecule has 0 aliphatic heterocycles. The Morgan fingerprint density at radius 3 is 3.20 bits per heavy atom. The van der Waals surface area contributed by atoms with Gasteiger partial charge in [-0.15, -0.1) is 16.4 Å². The summed E-state index contributed by atoms with van der Waals surface area (Å²) in [7, 11) is 0. The van der Waals surface area contributed by atoms with Crippen molar-refractivity contribution in [1.82, 2.24) is 15.2 Å². The summed E-state index contributed by atoms with van der Waals surface area (Å²) in [5.74, 6) is 1.76. The molecular weight excluding hydrogens is 272 g/mol. The number of hydrogen-bond donors (Lipinski definition) is 2. The maximum Gasteiger partial charge on any atom is 0.259 e. The minimum atomic E-state index is -0.0984. The van der Waals surface area contributed by atoms with E-state index in [0.717, 1.165) is 43.0 Å². The number of aromatic nitrogens is 3. The highest BCUT2D eigenvalue weighted by Gasteiger charge is 2.23. The van der Waals surface area contributed by atoms with Crippen molar-refractivity contribution < 1.29 is 4.79 Å². The molecule has 0 saturated heterocycles. The van der Waals surface area contributed by atoms with E-state index in [9.17, 15) is 4.79 Å². The Labute approximate surface area is 121 Å². The number of aromatic amines is 1. The molecule has 0 spiro atoms. The Hall–Kier alpha value is -1.69. The molecule has 1 amide bonds. The van der Waals surface area contributed by atoms with Gasteiger partial charge in [-0.25, -0.2) is 0 Å². The van der Waals surface area contributed by atoms with Crippen LogP contribution >= 0.6 is 11.3 Å². The summed E-state index contributed by atoms with van der Waals surface area (Å²) in [6.07, 6.45) is 4.02. The van der Waals surface area contributed by atoms with E-state index in [0.29, 0.717) is 5.95 Å². The third-order valence-electron chi connectivity index (χ3n) is 3.74. The topological polar surface area (TPSA) is 70.7 Å². The number of fused-ring (bicyclic) bond motifs is 1. The second-order valence-electron chi connectivity index (χ2n) is 5.31. The van der Waals surface area contributed by atoms with Crippen molar-refractivity contribution in [2.75, 3.05) is 5.32 Å². The molecule has 0 saturated carbocycles. The first-order valence-electron chi connectivity index (χ1n) is 6.99. The van der Waals surface area contributed by atoms with Crippen LogP contribution in [0.2, 0.25) is 0 Å². The van der Waals surface area contributed by atoms with Crippen molar-refractivity contribution in [3.63, 3.8) is 0 Å². The Bertz CT molecular complexity index is 631. The summed E-state index contributed by atoms with van der Waals surface area (Å²) in [5.41, 5.74) is 2.01. The van der Waals surface area contributed by atoms with Crippen LogP contribution in [-0.2, 0) is 19.3 Å². The molecule has 0 bridgehead atoms. The number of carbonyl (C=O) groups is 1. The lowest BCUT2D eigenvalue weighted by atomic mass is 9.88. The average Bonchev–Trinajstić information content (AvgIpc) is 3.04. The summed E-state index contributed by atoms with van der Waals surface area (Å²) >= 11 is 1.69. The van der Waals surface area contributed by atoms with Gasteiger partial charge in [0.25, 0.3) is 5.91 Å². The SMILES string of the molecule is CCc1nc(NC(=O)c2csc3c2CCC(C)C3)n[nH]1. The van der Waals surface area contributed by atoms with Gasteiger partial charge in [-0.2, -0.15) is 4.98 Å². The van der Waals surface area contributed by atoms with E-state index in [1.807, 2.05) is 12.3 Å². The third-order valence-corrected chi connectivity index (χ3v) is 4.79. The first-order valence-corrected chi connectivity index (χ1v) is 7.87. The maximum absolute atomic E-state index is 12.3. The van der Waals surface area contributed by atoms with Crippen LogP contribution in [0, 0.1) is 5.92 Å². The quantitative estimate of drug-likeness (QED) is 0.913. The molecule has 0 fully saturated rings. The molecule has 1 atom stereocenters. The molecule has 0 aromatic carbocycles. The second-order valence-corrected chi connectivity index (χ2v) is 6.28. The number of H-pyrrole nitrogens is 1. The molecule has 2 aromatic rings. The largest absolute Gasteiger partial charge is 0.289 e. The Morgan fingerprint density at radius 1 is 1.60 bits per heavy atom. The Morgan fingerprint density at radius 2 is 2.45 bits per heavy atom. The molecule has 3 rings (SSSR count). The number of nitrogens with zero attached hydrogens (tertiary/aromatic N) is 2. The van der Waals surface area contributed by atoms with Gasteiger partial charge in [0.15, 0.2) is 0 Å². The van der Waals surface area contributed by atoms with E-state index >= 15 is 0 Å². The van der Waals surface area contributed by atoms with Crippen molar-refractivity contribution in [1.29, 1.82) is 0 Å². The molecular formula is C14H18N4OS. The molecule has 1 unspecified atom stereocenters. The standard InChI is InChI=1S/C14H18N4OS/c1-3-12-15-14(18-17-12)16-13(19)10-7-20-11-6-8(2)4-5-9(10)11/h7-8H,3-6H2,1-2H3,(H2,15,16,17,18,19). The minimum absolute atomic E-state index is 0.0984. The second kappa shape index (κ2) is 5.36. The number of amides is 1. The number of carbonyl (C=O) groups excluding carboxylic acids is 1. The molecule has 0 radical (unpaired) electrons. The van der Waals surface area contributed by atoms with E-state index in [4.69, 9.17) is 0 Å². The number of aryl methyl sites for hydroxylation is 1. The monoisotopic (exact) mass is 290 g/mol. The van der Waals surface area contributed by atoms with Crippen molar-refractivity contribution in [2.45, 2.75) is 39.5 Å². The number of thiophene rings is 1. The van der Waals surface area contributed by atoms with Gasteiger partial charge in [0.1, 0.15) is 5.82 Å². The Kier molecular flexibility index (Phi) is 3.56. The summed E-state index contributed by atoms with van der Waals surface area (Å²) in [5, 5.41) is 11.5. The van der Waals surface area contributed by atoms with Crippen LogP contribution in [0.4, 0.5) is 5.95 Å². The van der Waals surface area contributed by atoms with Crippen LogP contribution in [0.25, 0.3) is 0 Å². The third kappa shape index (κ3) is 2.47. The smallest absolute Gasteiger partial charge is 0.259 e. The predicted molar refractivity (Wildman–Crippen MR) is 79.2 cm³/mol. The number of anilines is 1. The average molecular weight is 290 g/mol. The molecule has 1 aliphatic carbocycles. The molecule has 106 valence electrons. The van der Waals surface area contributed by atoms with Crippen molar-refractivity contribution in [3.8, 4) is 0 Å². The highest BCUT2D eigenvalue weighted by atomic mass is 32.1. The number of rotatable bonds is 3. The summed E-state index contributed by atoms with van der Waals surface area (Å²) in [6, 6.07) is 0. The highest BCUT2D eigenvalue weighted by Crippen LogP contribution is 2.32. The molecule has 1 aliphatic rings. The summed E-state index contributed by atoms with van der Waals surface area (Å²) < 4.78 is 0. The fourth-order valence-electron chi connectivity index (χ4n) is 2.55. The van der Waals surface area contributed by atoms with Crippen LogP contribution in [0.15, 0.2) is 5.38 Å². The zero-order chi connectivity index (χ0) is 14.1.